The van der Waals surface area contributed by atoms with Gasteiger partial charge in [-0.3, -0.25) is 0 Å². The third kappa shape index (κ3) is 2.09. The Bertz CT molecular complexity index is 677. The minimum atomic E-state index is -0.294. The first-order valence-corrected chi connectivity index (χ1v) is 6.78. The molecule has 0 aliphatic heterocycles. The number of carbonyl (C=O) groups is 1. The lowest BCUT2D eigenvalue weighted by Crippen LogP contribution is -2.08. The van der Waals surface area contributed by atoms with E-state index >= 15 is 0 Å². The Hall–Kier alpha value is -2.16. The maximum atomic E-state index is 13.3. The molecule has 0 aromatic heterocycles. The number of rotatable bonds is 3. The Balaban J connectivity index is 2.02. The van der Waals surface area contributed by atoms with Crippen LogP contribution in [0.5, 0.6) is 0 Å². The molecule has 102 valence electrons. The number of benzene rings is 2. The minimum absolute atomic E-state index is 0.244. The van der Waals surface area contributed by atoms with Gasteiger partial charge in [-0.25, -0.2) is 9.18 Å². The fraction of sp³-hybridized carbons (Fsp3) is 0.235. The molecule has 0 saturated heterocycles. The van der Waals surface area contributed by atoms with E-state index in [0.29, 0.717) is 18.6 Å². The molecule has 0 N–H and O–H groups in total. The molecule has 3 heteroatoms. The van der Waals surface area contributed by atoms with Crippen LogP contribution in [0, 0.1) is 5.82 Å². The minimum Gasteiger partial charge on any atom is -0.462 e. The van der Waals surface area contributed by atoms with Gasteiger partial charge in [0.05, 0.1) is 12.2 Å². The molecule has 0 unspecified atom stereocenters. The van der Waals surface area contributed by atoms with Crippen LogP contribution in [-0.4, -0.2) is 12.6 Å². The second-order valence-corrected chi connectivity index (χ2v) is 4.95. The summed E-state index contributed by atoms with van der Waals surface area (Å²) in [5.41, 5.74) is 4.47. The summed E-state index contributed by atoms with van der Waals surface area (Å²) in [6.45, 7) is 2.38. The van der Waals surface area contributed by atoms with Crippen molar-refractivity contribution in [3.8, 4) is 11.1 Å². The highest BCUT2D eigenvalue weighted by molar-refractivity contribution is 5.95. The lowest BCUT2D eigenvalue weighted by molar-refractivity contribution is 0.0504. The molecule has 0 spiro atoms. The summed E-state index contributed by atoms with van der Waals surface area (Å²) in [7, 11) is 0. The highest BCUT2D eigenvalue weighted by atomic mass is 19.1. The zero-order valence-corrected chi connectivity index (χ0v) is 11.3. The molecule has 1 aliphatic rings. The van der Waals surface area contributed by atoms with E-state index < -0.39 is 0 Å². The molecule has 0 saturated carbocycles. The van der Waals surface area contributed by atoms with Crippen molar-refractivity contribution in [3.63, 3.8) is 0 Å². The molecule has 0 heterocycles. The molecule has 0 fully saturated rings. The summed E-state index contributed by atoms with van der Waals surface area (Å²) >= 11 is 0. The predicted octanol–water partition coefficient (Wildman–Crippen LogP) is 3.96. The van der Waals surface area contributed by atoms with Gasteiger partial charge in [0.15, 0.2) is 0 Å². The van der Waals surface area contributed by atoms with Gasteiger partial charge in [0.25, 0.3) is 0 Å². The number of halogens is 1. The molecule has 20 heavy (non-hydrogen) atoms. The van der Waals surface area contributed by atoms with Gasteiger partial charge in [0.2, 0.25) is 0 Å². The van der Waals surface area contributed by atoms with E-state index in [-0.39, 0.29) is 11.8 Å². The van der Waals surface area contributed by atoms with Crippen LogP contribution in [0.3, 0.4) is 0 Å². The smallest absolute Gasteiger partial charge is 0.338 e. The molecular formula is C17H15FO2. The molecule has 2 aromatic carbocycles. The number of fused-ring (bicyclic) bond motifs is 3. The third-order valence-electron chi connectivity index (χ3n) is 3.56. The summed E-state index contributed by atoms with van der Waals surface area (Å²) in [5, 5.41) is 0. The molecule has 1 aliphatic carbocycles. The van der Waals surface area contributed by atoms with Crippen LogP contribution >= 0.6 is 0 Å². The van der Waals surface area contributed by atoms with Crippen LogP contribution in [0.4, 0.5) is 4.39 Å². The lowest BCUT2D eigenvalue weighted by atomic mass is 10.0. The first-order valence-electron chi connectivity index (χ1n) is 6.78. The number of hydrogen-bond acceptors (Lipinski definition) is 2. The predicted molar refractivity (Wildman–Crippen MR) is 75.2 cm³/mol. The SMILES string of the molecule is CCCOC(=O)c1cccc2c1Cc1cc(F)ccc1-2. The molecule has 0 amide bonds. The highest BCUT2D eigenvalue weighted by Crippen LogP contribution is 2.38. The van der Waals surface area contributed by atoms with Gasteiger partial charge < -0.3 is 4.74 Å². The first-order chi connectivity index (χ1) is 9.70. The average Bonchev–Trinajstić information content (AvgIpc) is 2.81. The van der Waals surface area contributed by atoms with Gasteiger partial charge in [0.1, 0.15) is 5.82 Å². The van der Waals surface area contributed by atoms with E-state index in [1.165, 1.54) is 12.1 Å². The highest BCUT2D eigenvalue weighted by Gasteiger charge is 2.24. The van der Waals surface area contributed by atoms with Crippen molar-refractivity contribution in [2.45, 2.75) is 19.8 Å². The molecule has 0 atom stereocenters. The fourth-order valence-electron chi connectivity index (χ4n) is 2.66. The van der Waals surface area contributed by atoms with E-state index in [0.717, 1.165) is 28.7 Å². The second kappa shape index (κ2) is 5.08. The summed E-state index contributed by atoms with van der Waals surface area (Å²) in [6, 6.07) is 10.4. The van der Waals surface area contributed by atoms with Crippen LogP contribution in [0.25, 0.3) is 11.1 Å². The Morgan fingerprint density at radius 1 is 1.25 bits per heavy atom. The van der Waals surface area contributed by atoms with Gasteiger partial charge in [-0.1, -0.05) is 25.1 Å². The number of hydrogen-bond donors (Lipinski definition) is 0. The Morgan fingerprint density at radius 3 is 2.90 bits per heavy atom. The van der Waals surface area contributed by atoms with Gasteiger partial charge in [-0.15, -0.1) is 0 Å². The van der Waals surface area contributed by atoms with Gasteiger partial charge in [-0.2, -0.15) is 0 Å². The van der Waals surface area contributed by atoms with Crippen LogP contribution < -0.4 is 0 Å². The number of carbonyl (C=O) groups excluding carboxylic acids is 1. The number of ether oxygens (including phenoxy) is 1. The molecular weight excluding hydrogens is 255 g/mol. The first kappa shape index (κ1) is 12.9. The van der Waals surface area contributed by atoms with Crippen molar-refractivity contribution < 1.29 is 13.9 Å². The Labute approximate surface area is 117 Å². The second-order valence-electron chi connectivity index (χ2n) is 4.95. The van der Waals surface area contributed by atoms with Crippen LogP contribution in [0.15, 0.2) is 36.4 Å². The monoisotopic (exact) mass is 270 g/mol. The zero-order chi connectivity index (χ0) is 14.1. The number of esters is 1. The van der Waals surface area contributed by atoms with E-state index in [1.807, 2.05) is 19.1 Å². The van der Waals surface area contributed by atoms with Crippen molar-refractivity contribution >= 4 is 5.97 Å². The lowest BCUT2D eigenvalue weighted by Gasteiger charge is -2.08. The van der Waals surface area contributed by atoms with Gasteiger partial charge in [-0.05, 0) is 53.3 Å². The van der Waals surface area contributed by atoms with Crippen molar-refractivity contribution in [2.24, 2.45) is 0 Å². The summed E-state index contributed by atoms with van der Waals surface area (Å²) in [6.07, 6.45) is 1.38. The fourth-order valence-corrected chi connectivity index (χ4v) is 2.66. The van der Waals surface area contributed by atoms with Gasteiger partial charge in [0, 0.05) is 0 Å². The molecule has 0 bridgehead atoms. The summed E-state index contributed by atoms with van der Waals surface area (Å²) in [4.78, 5) is 12.1. The van der Waals surface area contributed by atoms with Crippen molar-refractivity contribution in [1.29, 1.82) is 0 Å². The van der Waals surface area contributed by atoms with Crippen molar-refractivity contribution in [3.05, 3.63) is 58.9 Å². The maximum Gasteiger partial charge on any atom is 0.338 e. The van der Waals surface area contributed by atoms with E-state index in [1.54, 1.807) is 12.1 Å². The van der Waals surface area contributed by atoms with E-state index in [2.05, 4.69) is 0 Å². The average molecular weight is 270 g/mol. The van der Waals surface area contributed by atoms with E-state index in [9.17, 15) is 9.18 Å². The quantitative estimate of drug-likeness (QED) is 0.673. The largest absolute Gasteiger partial charge is 0.462 e. The normalized spacial score (nSPS) is 11.9. The zero-order valence-electron chi connectivity index (χ0n) is 11.3. The third-order valence-corrected chi connectivity index (χ3v) is 3.56. The topological polar surface area (TPSA) is 26.3 Å². The van der Waals surface area contributed by atoms with E-state index in [4.69, 9.17) is 4.74 Å². The van der Waals surface area contributed by atoms with Crippen LogP contribution in [-0.2, 0) is 11.2 Å². The molecule has 0 radical (unpaired) electrons. The molecule has 2 aromatic rings. The molecule has 3 rings (SSSR count). The molecule has 2 nitrogen and oxygen atoms in total. The van der Waals surface area contributed by atoms with Crippen LogP contribution in [0.2, 0.25) is 0 Å². The van der Waals surface area contributed by atoms with Gasteiger partial charge >= 0.3 is 5.97 Å². The van der Waals surface area contributed by atoms with Crippen molar-refractivity contribution in [2.75, 3.05) is 6.61 Å². The summed E-state index contributed by atoms with van der Waals surface area (Å²) < 4.78 is 18.5. The summed E-state index contributed by atoms with van der Waals surface area (Å²) in [5.74, 6) is -0.538. The maximum absolute atomic E-state index is 13.3. The standard InChI is InChI=1S/C17H15FO2/c1-2-8-20-17(19)15-5-3-4-14-13-7-6-12(18)9-11(13)10-16(14)15/h3-7,9H,2,8,10H2,1H3. The van der Waals surface area contributed by atoms with Crippen LogP contribution in [0.1, 0.15) is 34.8 Å². The van der Waals surface area contributed by atoms with Crippen molar-refractivity contribution in [1.82, 2.24) is 0 Å². The Morgan fingerprint density at radius 2 is 2.10 bits per heavy atom. The Kier molecular flexibility index (Phi) is 3.26.